The summed E-state index contributed by atoms with van der Waals surface area (Å²) in [6, 6.07) is 19.0. The van der Waals surface area contributed by atoms with Crippen LogP contribution >= 0.6 is 11.6 Å². The van der Waals surface area contributed by atoms with E-state index in [9.17, 15) is 4.79 Å². The predicted molar refractivity (Wildman–Crippen MR) is 80.1 cm³/mol. The number of hydrogen-bond donors (Lipinski definition) is 1. The number of hydrogen-bond acceptors (Lipinski definition) is 2. The number of Topliss-reactive ketones (excluding diaryl/α,β-unsaturated/α-hetero) is 1. The van der Waals surface area contributed by atoms with Crippen molar-refractivity contribution in [1.29, 1.82) is 0 Å². The van der Waals surface area contributed by atoms with Crippen LogP contribution in [0.25, 0.3) is 0 Å². The molecule has 19 heavy (non-hydrogen) atoms. The van der Waals surface area contributed by atoms with Gasteiger partial charge in [0.15, 0.2) is 0 Å². The molecular formula is C16H18ClNO. The Hall–Kier alpha value is -1.64. The third kappa shape index (κ3) is 6.75. The van der Waals surface area contributed by atoms with Crippen molar-refractivity contribution >= 4 is 17.4 Å². The van der Waals surface area contributed by atoms with Gasteiger partial charge >= 0.3 is 0 Å². The maximum atomic E-state index is 10.7. The lowest BCUT2D eigenvalue weighted by Gasteiger charge is -2.08. The number of halogens is 1. The molecule has 0 saturated carbocycles. The molecular weight excluding hydrogens is 258 g/mol. The van der Waals surface area contributed by atoms with E-state index in [1.165, 1.54) is 0 Å². The second-order valence-corrected chi connectivity index (χ2v) is 4.66. The Morgan fingerprint density at radius 2 is 1.53 bits per heavy atom. The first-order valence-electron chi connectivity index (χ1n) is 6.10. The molecule has 0 radical (unpaired) electrons. The largest absolute Gasteiger partial charge is 0.324 e. The third-order valence-electron chi connectivity index (χ3n) is 2.47. The molecule has 0 aliphatic heterocycles. The quantitative estimate of drug-likeness (QED) is 0.920. The average Bonchev–Trinajstić information content (AvgIpc) is 2.40. The van der Waals surface area contributed by atoms with E-state index in [2.05, 4.69) is 0 Å². The topological polar surface area (TPSA) is 43.1 Å². The average molecular weight is 276 g/mol. The van der Waals surface area contributed by atoms with Crippen molar-refractivity contribution < 1.29 is 4.79 Å². The van der Waals surface area contributed by atoms with Crippen LogP contribution in [0, 0.1) is 0 Å². The zero-order valence-corrected chi connectivity index (χ0v) is 11.7. The number of nitrogens with two attached hydrogens (primary N) is 1. The zero-order valence-electron chi connectivity index (χ0n) is 10.9. The van der Waals surface area contributed by atoms with Crippen molar-refractivity contribution in [2.75, 3.05) is 0 Å². The fraction of sp³-hybridized carbons (Fsp3) is 0.188. The lowest BCUT2D eigenvalue weighted by Crippen LogP contribution is -2.13. The highest BCUT2D eigenvalue weighted by Gasteiger charge is 2.06. The summed E-state index contributed by atoms with van der Waals surface area (Å²) < 4.78 is 0. The lowest BCUT2D eigenvalue weighted by atomic mass is 10.0. The molecule has 2 rings (SSSR count). The molecule has 2 nitrogen and oxygen atoms in total. The molecule has 0 aliphatic rings. The second-order valence-electron chi connectivity index (χ2n) is 4.22. The first-order chi connectivity index (χ1) is 9.09. The molecule has 0 heterocycles. The van der Waals surface area contributed by atoms with Gasteiger partial charge in [-0.3, -0.25) is 4.79 Å². The molecule has 2 aromatic rings. The van der Waals surface area contributed by atoms with Gasteiger partial charge in [-0.25, -0.2) is 0 Å². The van der Waals surface area contributed by atoms with Crippen LogP contribution in [-0.2, 0) is 4.79 Å². The second kappa shape index (κ2) is 8.46. The van der Waals surface area contributed by atoms with E-state index in [-0.39, 0.29) is 11.8 Å². The number of carbonyl (C=O) groups is 1. The van der Waals surface area contributed by atoms with Gasteiger partial charge in [-0.05, 0) is 24.6 Å². The van der Waals surface area contributed by atoms with Crippen LogP contribution in [0.5, 0.6) is 0 Å². The number of rotatable bonds is 3. The zero-order chi connectivity index (χ0) is 14.1. The Labute approximate surface area is 119 Å². The van der Waals surface area contributed by atoms with Crippen LogP contribution < -0.4 is 5.73 Å². The molecule has 2 N–H and O–H groups in total. The molecule has 0 aromatic heterocycles. The number of ketones is 1. The molecule has 0 spiro atoms. The summed E-state index contributed by atoms with van der Waals surface area (Å²) in [6.45, 7) is 1.56. The summed E-state index contributed by atoms with van der Waals surface area (Å²) in [6.07, 6.45) is 0.421. The third-order valence-corrected chi connectivity index (χ3v) is 2.72. The van der Waals surface area contributed by atoms with Gasteiger partial charge in [-0.2, -0.15) is 0 Å². The Kier molecular flexibility index (Phi) is 6.86. The molecule has 1 unspecified atom stereocenters. The fourth-order valence-electron chi connectivity index (χ4n) is 1.54. The van der Waals surface area contributed by atoms with Gasteiger partial charge in [0.25, 0.3) is 0 Å². The smallest absolute Gasteiger partial charge is 0.131 e. The molecule has 2 aromatic carbocycles. The maximum absolute atomic E-state index is 10.7. The van der Waals surface area contributed by atoms with Gasteiger partial charge in [0.05, 0.1) is 0 Å². The van der Waals surface area contributed by atoms with Crippen molar-refractivity contribution in [1.82, 2.24) is 0 Å². The van der Waals surface area contributed by atoms with Crippen molar-refractivity contribution in [3.05, 3.63) is 71.2 Å². The summed E-state index contributed by atoms with van der Waals surface area (Å²) in [5, 5.41) is 0.794. The molecule has 100 valence electrons. The van der Waals surface area contributed by atoms with Gasteiger partial charge in [0, 0.05) is 17.5 Å². The first-order valence-corrected chi connectivity index (χ1v) is 6.48. The van der Waals surface area contributed by atoms with E-state index in [4.69, 9.17) is 17.3 Å². The van der Waals surface area contributed by atoms with Crippen LogP contribution in [0.2, 0.25) is 5.02 Å². The van der Waals surface area contributed by atoms with E-state index >= 15 is 0 Å². The summed E-state index contributed by atoms with van der Waals surface area (Å²) in [4.78, 5) is 10.7. The molecule has 0 aliphatic carbocycles. The van der Waals surface area contributed by atoms with Gasteiger partial charge in [-0.1, -0.05) is 60.1 Å². The SMILES string of the molecule is CC(=O)CC(N)c1ccccc1.Clc1ccccc1. The number of carbonyl (C=O) groups excluding carboxylic acids is 1. The van der Waals surface area contributed by atoms with Gasteiger partial charge < -0.3 is 5.73 Å². The predicted octanol–water partition coefficient (Wildman–Crippen LogP) is 4.01. The van der Waals surface area contributed by atoms with E-state index < -0.39 is 0 Å². The normalized spacial score (nSPS) is 11.1. The summed E-state index contributed by atoms with van der Waals surface area (Å²) in [7, 11) is 0. The van der Waals surface area contributed by atoms with Gasteiger partial charge in [-0.15, -0.1) is 0 Å². The molecule has 0 saturated heterocycles. The summed E-state index contributed by atoms with van der Waals surface area (Å²) in [5.41, 5.74) is 6.80. The molecule has 0 amide bonds. The molecule has 1 atom stereocenters. The highest BCUT2D eigenvalue weighted by molar-refractivity contribution is 6.30. The molecule has 0 fully saturated rings. The molecule has 0 bridgehead atoms. The van der Waals surface area contributed by atoms with Crippen molar-refractivity contribution in [3.63, 3.8) is 0 Å². The van der Waals surface area contributed by atoms with E-state index in [0.717, 1.165) is 10.6 Å². The fourth-order valence-corrected chi connectivity index (χ4v) is 1.69. The van der Waals surface area contributed by atoms with Crippen LogP contribution in [0.1, 0.15) is 24.9 Å². The minimum atomic E-state index is -0.149. The van der Waals surface area contributed by atoms with Gasteiger partial charge in [0.2, 0.25) is 0 Å². The van der Waals surface area contributed by atoms with E-state index in [0.29, 0.717) is 6.42 Å². The standard InChI is InChI=1S/C10H13NO.C6H5Cl/c1-8(12)7-10(11)9-5-3-2-4-6-9;7-6-4-2-1-3-5-6/h2-6,10H,7,11H2,1H3;1-5H. The van der Waals surface area contributed by atoms with Crippen molar-refractivity contribution in [2.24, 2.45) is 5.73 Å². The maximum Gasteiger partial charge on any atom is 0.131 e. The van der Waals surface area contributed by atoms with Crippen LogP contribution in [0.4, 0.5) is 0 Å². The Bertz CT molecular complexity index is 485. The van der Waals surface area contributed by atoms with Crippen LogP contribution in [0.3, 0.4) is 0 Å². The van der Waals surface area contributed by atoms with Crippen LogP contribution in [0.15, 0.2) is 60.7 Å². The lowest BCUT2D eigenvalue weighted by molar-refractivity contribution is -0.117. The van der Waals surface area contributed by atoms with E-state index in [1.807, 2.05) is 60.7 Å². The first kappa shape index (κ1) is 15.4. The minimum Gasteiger partial charge on any atom is -0.324 e. The van der Waals surface area contributed by atoms with E-state index in [1.54, 1.807) is 6.92 Å². The minimum absolute atomic E-state index is 0.131. The van der Waals surface area contributed by atoms with Crippen molar-refractivity contribution in [2.45, 2.75) is 19.4 Å². The monoisotopic (exact) mass is 275 g/mol. The van der Waals surface area contributed by atoms with Crippen molar-refractivity contribution in [3.8, 4) is 0 Å². The Balaban J connectivity index is 0.000000218. The highest BCUT2D eigenvalue weighted by atomic mass is 35.5. The number of benzene rings is 2. The molecule has 3 heteroatoms. The summed E-state index contributed by atoms with van der Waals surface area (Å²) in [5.74, 6) is 0.131. The highest BCUT2D eigenvalue weighted by Crippen LogP contribution is 2.12. The van der Waals surface area contributed by atoms with Gasteiger partial charge in [0.1, 0.15) is 5.78 Å². The Morgan fingerprint density at radius 1 is 1.05 bits per heavy atom. The van der Waals surface area contributed by atoms with Crippen LogP contribution in [-0.4, -0.2) is 5.78 Å². The Morgan fingerprint density at radius 3 is 1.89 bits per heavy atom. The summed E-state index contributed by atoms with van der Waals surface area (Å²) >= 11 is 5.54.